The Labute approximate surface area is 157 Å². The summed E-state index contributed by atoms with van der Waals surface area (Å²) < 4.78 is 1.68. The third kappa shape index (κ3) is 3.08. The largest absolute Gasteiger partial charge is 0.328 e. The molecule has 0 unspecified atom stereocenters. The molecule has 0 saturated carbocycles. The van der Waals surface area contributed by atoms with Gasteiger partial charge in [0, 0.05) is 17.6 Å². The lowest BCUT2D eigenvalue weighted by atomic mass is 9.91. The van der Waals surface area contributed by atoms with Crippen LogP contribution in [-0.4, -0.2) is 25.7 Å². The summed E-state index contributed by atoms with van der Waals surface area (Å²) in [5.41, 5.74) is 4.23. The highest BCUT2D eigenvalue weighted by Crippen LogP contribution is 2.37. The molecule has 7 heteroatoms. The van der Waals surface area contributed by atoms with E-state index in [9.17, 15) is 4.79 Å². The first-order valence-electron chi connectivity index (χ1n) is 8.69. The average molecular weight is 360 g/mol. The molecule has 0 radical (unpaired) electrons. The summed E-state index contributed by atoms with van der Waals surface area (Å²) >= 11 is 0. The van der Waals surface area contributed by atoms with Gasteiger partial charge in [0.15, 0.2) is 0 Å². The van der Waals surface area contributed by atoms with E-state index >= 15 is 0 Å². The molecule has 0 aliphatic carbocycles. The van der Waals surface area contributed by atoms with Crippen molar-refractivity contribution >= 4 is 17.5 Å². The van der Waals surface area contributed by atoms with Crippen molar-refractivity contribution in [2.24, 2.45) is 5.92 Å². The molecule has 3 aromatic rings. The van der Waals surface area contributed by atoms with Crippen LogP contribution in [0.2, 0.25) is 0 Å². The second kappa shape index (κ2) is 6.68. The van der Waals surface area contributed by atoms with E-state index in [0.717, 1.165) is 22.5 Å². The van der Waals surface area contributed by atoms with Gasteiger partial charge >= 0.3 is 0 Å². The predicted molar refractivity (Wildman–Crippen MR) is 103 cm³/mol. The fourth-order valence-electron chi connectivity index (χ4n) is 3.41. The van der Waals surface area contributed by atoms with Crippen LogP contribution >= 0.6 is 0 Å². The van der Waals surface area contributed by atoms with Crippen LogP contribution in [0.15, 0.2) is 61.2 Å². The lowest BCUT2D eigenvalue weighted by molar-refractivity contribution is -0.119. The van der Waals surface area contributed by atoms with Gasteiger partial charge in [-0.1, -0.05) is 30.3 Å². The molecule has 136 valence electrons. The van der Waals surface area contributed by atoms with Crippen LogP contribution < -0.4 is 10.6 Å². The second-order valence-corrected chi connectivity index (χ2v) is 6.66. The number of hydrogen-bond acceptors (Lipinski definition) is 5. The standard InChI is InChI=1S/C20H20N6O/c1-12-7-8-15(13(2)10-12)25-19(27)17-14(3)24-20-22-11-23-26(20)18(17)16-6-4-5-9-21-16/h4-11,17-18H,3H2,1-2H3,(H,25,27)(H,22,23,24)/t17-,18+/m1/s1. The van der Waals surface area contributed by atoms with Crippen molar-refractivity contribution in [2.75, 3.05) is 10.6 Å². The van der Waals surface area contributed by atoms with Crippen molar-refractivity contribution in [3.63, 3.8) is 0 Å². The van der Waals surface area contributed by atoms with E-state index in [1.807, 2.05) is 50.2 Å². The lowest BCUT2D eigenvalue weighted by Crippen LogP contribution is -2.40. The molecule has 3 heterocycles. The molecule has 0 bridgehead atoms. The van der Waals surface area contributed by atoms with E-state index in [-0.39, 0.29) is 5.91 Å². The first-order valence-corrected chi connectivity index (χ1v) is 8.69. The molecule has 1 aliphatic heterocycles. The normalized spacial score (nSPS) is 18.5. The van der Waals surface area contributed by atoms with Crippen molar-refractivity contribution < 1.29 is 4.79 Å². The van der Waals surface area contributed by atoms with Crippen LogP contribution in [0.25, 0.3) is 0 Å². The number of aromatic nitrogens is 4. The van der Waals surface area contributed by atoms with Gasteiger partial charge in [-0.15, -0.1) is 0 Å². The first kappa shape index (κ1) is 17.0. The maximum absolute atomic E-state index is 13.2. The third-order valence-electron chi connectivity index (χ3n) is 4.71. The number of carbonyl (C=O) groups is 1. The molecule has 0 saturated heterocycles. The number of amides is 1. The van der Waals surface area contributed by atoms with Crippen LogP contribution in [0.4, 0.5) is 11.6 Å². The van der Waals surface area contributed by atoms with Crippen molar-refractivity contribution in [2.45, 2.75) is 19.9 Å². The monoisotopic (exact) mass is 360 g/mol. The van der Waals surface area contributed by atoms with E-state index in [0.29, 0.717) is 11.6 Å². The van der Waals surface area contributed by atoms with Gasteiger partial charge in [-0.3, -0.25) is 9.78 Å². The third-order valence-corrected chi connectivity index (χ3v) is 4.71. The summed E-state index contributed by atoms with van der Waals surface area (Å²) in [6, 6.07) is 11.1. The molecule has 0 fully saturated rings. The van der Waals surface area contributed by atoms with Crippen LogP contribution in [0.3, 0.4) is 0 Å². The lowest BCUT2D eigenvalue weighted by Gasteiger charge is -2.33. The minimum Gasteiger partial charge on any atom is -0.328 e. The van der Waals surface area contributed by atoms with Gasteiger partial charge in [-0.2, -0.15) is 10.1 Å². The van der Waals surface area contributed by atoms with E-state index in [2.05, 4.69) is 32.3 Å². The zero-order valence-electron chi connectivity index (χ0n) is 15.2. The Morgan fingerprint density at radius 1 is 1.22 bits per heavy atom. The van der Waals surface area contributed by atoms with E-state index in [1.165, 1.54) is 6.33 Å². The van der Waals surface area contributed by atoms with Gasteiger partial charge in [0.2, 0.25) is 11.9 Å². The molecular formula is C20H20N6O. The molecule has 2 N–H and O–H groups in total. The molecule has 1 aliphatic rings. The summed E-state index contributed by atoms with van der Waals surface area (Å²) in [7, 11) is 0. The van der Waals surface area contributed by atoms with Gasteiger partial charge < -0.3 is 10.6 Å². The molecule has 7 nitrogen and oxygen atoms in total. The Kier molecular flexibility index (Phi) is 4.19. The Balaban J connectivity index is 1.73. The Bertz CT molecular complexity index is 1010. The average Bonchev–Trinajstić information content (AvgIpc) is 3.11. The summed E-state index contributed by atoms with van der Waals surface area (Å²) in [5, 5.41) is 10.4. The highest BCUT2D eigenvalue weighted by molar-refractivity contribution is 5.96. The summed E-state index contributed by atoms with van der Waals surface area (Å²) in [6.07, 6.45) is 3.16. The molecular weight excluding hydrogens is 340 g/mol. The number of benzene rings is 1. The second-order valence-electron chi connectivity index (χ2n) is 6.66. The topological polar surface area (TPSA) is 84.7 Å². The highest BCUT2D eigenvalue weighted by Gasteiger charge is 2.40. The number of pyridine rings is 1. The molecule has 4 rings (SSSR count). The molecule has 1 amide bonds. The van der Waals surface area contributed by atoms with Gasteiger partial charge in [-0.25, -0.2) is 4.68 Å². The maximum atomic E-state index is 13.2. The summed E-state index contributed by atoms with van der Waals surface area (Å²) in [5.74, 6) is -0.211. The van der Waals surface area contributed by atoms with Gasteiger partial charge in [0.25, 0.3) is 0 Å². The Morgan fingerprint density at radius 3 is 2.81 bits per heavy atom. The number of aryl methyl sites for hydroxylation is 2. The number of nitrogens with one attached hydrogen (secondary N) is 2. The summed E-state index contributed by atoms with van der Waals surface area (Å²) in [6.45, 7) is 8.07. The summed E-state index contributed by atoms with van der Waals surface area (Å²) in [4.78, 5) is 21.9. The molecule has 0 spiro atoms. The van der Waals surface area contributed by atoms with E-state index in [1.54, 1.807) is 10.9 Å². The fourth-order valence-corrected chi connectivity index (χ4v) is 3.41. The minimum absolute atomic E-state index is 0.170. The number of nitrogens with zero attached hydrogens (tertiary/aromatic N) is 4. The quantitative estimate of drug-likeness (QED) is 0.750. The SMILES string of the molecule is C=C1Nc2ncnn2[C@@H](c2ccccn2)[C@@H]1C(=O)Nc1ccc(C)cc1C. The molecule has 27 heavy (non-hydrogen) atoms. The number of hydrogen-bond donors (Lipinski definition) is 2. The minimum atomic E-state index is -0.588. The number of carbonyl (C=O) groups excluding carboxylic acids is 1. The molecule has 2 atom stereocenters. The van der Waals surface area contributed by atoms with Gasteiger partial charge in [-0.05, 0) is 37.6 Å². The number of fused-ring (bicyclic) bond motifs is 1. The smallest absolute Gasteiger partial charge is 0.236 e. The van der Waals surface area contributed by atoms with Crippen LogP contribution in [0, 0.1) is 19.8 Å². The Hall–Kier alpha value is -3.48. The number of rotatable bonds is 3. The maximum Gasteiger partial charge on any atom is 0.236 e. The van der Waals surface area contributed by atoms with Crippen molar-refractivity contribution in [3.05, 3.63) is 78.0 Å². The van der Waals surface area contributed by atoms with E-state index in [4.69, 9.17) is 0 Å². The number of anilines is 2. The highest BCUT2D eigenvalue weighted by atomic mass is 16.2. The van der Waals surface area contributed by atoms with Crippen molar-refractivity contribution in [3.8, 4) is 0 Å². The van der Waals surface area contributed by atoms with Crippen LogP contribution in [-0.2, 0) is 4.79 Å². The van der Waals surface area contributed by atoms with Gasteiger partial charge in [0.05, 0.1) is 5.69 Å². The van der Waals surface area contributed by atoms with Crippen molar-refractivity contribution in [1.82, 2.24) is 19.7 Å². The molecule has 1 aromatic carbocycles. The first-order chi connectivity index (χ1) is 13.0. The molecule has 2 aromatic heterocycles. The zero-order chi connectivity index (χ0) is 19.0. The van der Waals surface area contributed by atoms with Gasteiger partial charge in [0.1, 0.15) is 18.3 Å². The zero-order valence-corrected chi connectivity index (χ0v) is 15.2. The van der Waals surface area contributed by atoms with Crippen LogP contribution in [0.5, 0.6) is 0 Å². The fraction of sp³-hybridized carbons (Fsp3) is 0.200. The predicted octanol–water partition coefficient (Wildman–Crippen LogP) is 3.07. The Morgan fingerprint density at radius 2 is 2.07 bits per heavy atom. The van der Waals surface area contributed by atoms with Crippen molar-refractivity contribution in [1.29, 1.82) is 0 Å². The van der Waals surface area contributed by atoms with E-state index < -0.39 is 12.0 Å². The van der Waals surface area contributed by atoms with Crippen LogP contribution in [0.1, 0.15) is 22.9 Å².